The van der Waals surface area contributed by atoms with Crippen molar-refractivity contribution in [3.63, 3.8) is 0 Å². The molecule has 0 bridgehead atoms. The second-order valence-corrected chi connectivity index (χ2v) is 1.66. The van der Waals surface area contributed by atoms with Crippen molar-refractivity contribution in [1.82, 2.24) is 10.2 Å². The van der Waals surface area contributed by atoms with Gasteiger partial charge in [0, 0.05) is 0 Å². The summed E-state index contributed by atoms with van der Waals surface area (Å²) in [5, 5.41) is 11.2. The van der Waals surface area contributed by atoms with E-state index in [2.05, 4.69) is 5.32 Å². The number of nitrogens with zero attached hydrogens (tertiary/aromatic N) is 1. The summed E-state index contributed by atoms with van der Waals surface area (Å²) in [7, 11) is 0. The first kappa shape index (κ1) is 8.68. The zero-order valence-corrected chi connectivity index (χ0v) is 5.65. The standard InChI is InChI=1S/C4H8N2O2.ClH/c7-3-6-2-5-1-4(6)8;/h5,7H,1-3H2;1H. The molecule has 0 aromatic heterocycles. The fourth-order valence-corrected chi connectivity index (χ4v) is 0.627. The Hall–Kier alpha value is -0.320. The van der Waals surface area contributed by atoms with Crippen LogP contribution in [0.5, 0.6) is 0 Å². The smallest absolute Gasteiger partial charge is 0.239 e. The molecule has 0 aromatic rings. The van der Waals surface area contributed by atoms with Crippen LogP contribution in [-0.4, -0.2) is 35.9 Å². The number of hydrogen-bond acceptors (Lipinski definition) is 3. The van der Waals surface area contributed by atoms with Gasteiger partial charge in [0.1, 0.15) is 6.73 Å². The van der Waals surface area contributed by atoms with Gasteiger partial charge in [0.15, 0.2) is 0 Å². The monoisotopic (exact) mass is 152 g/mol. The molecule has 1 aliphatic rings. The Morgan fingerprint density at radius 3 is 2.67 bits per heavy atom. The predicted molar refractivity (Wildman–Crippen MR) is 34.0 cm³/mol. The van der Waals surface area contributed by atoms with Gasteiger partial charge in [-0.2, -0.15) is 0 Å². The zero-order chi connectivity index (χ0) is 5.98. The van der Waals surface area contributed by atoms with Crippen LogP contribution in [0.4, 0.5) is 0 Å². The molecule has 54 valence electrons. The first-order chi connectivity index (χ1) is 3.84. The zero-order valence-electron chi connectivity index (χ0n) is 4.83. The summed E-state index contributed by atoms with van der Waals surface area (Å²) in [6.07, 6.45) is 0. The highest BCUT2D eigenvalue weighted by Crippen LogP contribution is 1.90. The minimum Gasteiger partial charge on any atom is -0.376 e. The molecular weight excluding hydrogens is 144 g/mol. The van der Waals surface area contributed by atoms with Crippen molar-refractivity contribution in [3.05, 3.63) is 0 Å². The maximum Gasteiger partial charge on any atom is 0.239 e. The maximum absolute atomic E-state index is 10.5. The van der Waals surface area contributed by atoms with E-state index in [9.17, 15) is 4.79 Å². The van der Waals surface area contributed by atoms with Gasteiger partial charge in [-0.3, -0.25) is 10.1 Å². The highest BCUT2D eigenvalue weighted by atomic mass is 35.5. The Bertz CT molecular complexity index is 109. The lowest BCUT2D eigenvalue weighted by Crippen LogP contribution is -2.26. The summed E-state index contributed by atoms with van der Waals surface area (Å²) in [6.45, 7) is 0.668. The van der Waals surface area contributed by atoms with Crippen molar-refractivity contribution in [2.24, 2.45) is 0 Å². The van der Waals surface area contributed by atoms with Crippen molar-refractivity contribution in [3.8, 4) is 0 Å². The van der Waals surface area contributed by atoms with E-state index in [0.29, 0.717) is 13.2 Å². The molecule has 0 unspecified atom stereocenters. The molecule has 1 saturated heterocycles. The molecule has 4 nitrogen and oxygen atoms in total. The second kappa shape index (κ2) is 3.66. The first-order valence-electron chi connectivity index (χ1n) is 2.44. The van der Waals surface area contributed by atoms with Crippen LogP contribution in [0.25, 0.3) is 0 Å². The van der Waals surface area contributed by atoms with Crippen LogP contribution in [0.2, 0.25) is 0 Å². The molecule has 9 heavy (non-hydrogen) atoms. The number of hydrogen-bond donors (Lipinski definition) is 2. The summed E-state index contributed by atoms with van der Waals surface area (Å²) >= 11 is 0. The van der Waals surface area contributed by atoms with Gasteiger partial charge in [0.25, 0.3) is 0 Å². The lowest BCUT2D eigenvalue weighted by atomic mass is 10.6. The van der Waals surface area contributed by atoms with Gasteiger partial charge in [0.05, 0.1) is 13.2 Å². The third kappa shape index (κ3) is 1.82. The molecule has 0 aliphatic carbocycles. The maximum atomic E-state index is 10.5. The molecule has 1 heterocycles. The van der Waals surface area contributed by atoms with Gasteiger partial charge < -0.3 is 10.0 Å². The van der Waals surface area contributed by atoms with E-state index in [1.54, 1.807) is 0 Å². The van der Waals surface area contributed by atoms with Crippen LogP contribution in [0.3, 0.4) is 0 Å². The summed E-state index contributed by atoms with van der Waals surface area (Å²) in [5.41, 5.74) is 0. The SMILES string of the molecule is Cl.O=C1CNCN1CO. The molecule has 0 aromatic carbocycles. The van der Waals surface area contributed by atoms with E-state index >= 15 is 0 Å². The van der Waals surface area contributed by atoms with Crippen molar-refractivity contribution in [1.29, 1.82) is 0 Å². The van der Waals surface area contributed by atoms with Gasteiger partial charge in [0.2, 0.25) is 5.91 Å². The van der Waals surface area contributed by atoms with Crippen LogP contribution in [0.15, 0.2) is 0 Å². The fraction of sp³-hybridized carbons (Fsp3) is 0.750. The Morgan fingerprint density at radius 1 is 1.78 bits per heavy atom. The number of carbonyl (C=O) groups excluding carboxylic acids is 1. The predicted octanol–water partition coefficient (Wildman–Crippen LogP) is -1.25. The fourth-order valence-electron chi connectivity index (χ4n) is 0.627. The quantitative estimate of drug-likeness (QED) is 0.494. The Labute approximate surface area is 59.2 Å². The molecule has 0 atom stereocenters. The number of amides is 1. The molecule has 0 radical (unpaired) electrons. The van der Waals surface area contributed by atoms with Gasteiger partial charge in [-0.25, -0.2) is 0 Å². The largest absolute Gasteiger partial charge is 0.376 e. The van der Waals surface area contributed by atoms with Crippen molar-refractivity contribution in [2.75, 3.05) is 19.9 Å². The number of aliphatic hydroxyl groups excluding tert-OH is 1. The summed E-state index contributed by atoms with van der Waals surface area (Å²) in [4.78, 5) is 11.8. The third-order valence-electron chi connectivity index (χ3n) is 1.10. The van der Waals surface area contributed by atoms with E-state index in [0.717, 1.165) is 0 Å². The number of halogens is 1. The molecule has 0 saturated carbocycles. The van der Waals surface area contributed by atoms with E-state index in [1.165, 1.54) is 4.90 Å². The molecule has 2 N–H and O–H groups in total. The van der Waals surface area contributed by atoms with Gasteiger partial charge in [-0.05, 0) is 0 Å². The topological polar surface area (TPSA) is 52.6 Å². The van der Waals surface area contributed by atoms with E-state index in [4.69, 9.17) is 5.11 Å². The lowest BCUT2D eigenvalue weighted by molar-refractivity contribution is -0.129. The Balaban J connectivity index is 0.000000640. The summed E-state index contributed by atoms with van der Waals surface area (Å²) in [5.74, 6) is -0.0347. The van der Waals surface area contributed by atoms with Crippen molar-refractivity contribution >= 4 is 18.3 Å². The highest BCUT2D eigenvalue weighted by molar-refractivity contribution is 5.85. The summed E-state index contributed by atoms with van der Waals surface area (Å²) in [6, 6.07) is 0. The third-order valence-corrected chi connectivity index (χ3v) is 1.10. The van der Waals surface area contributed by atoms with Gasteiger partial charge in [-0.15, -0.1) is 12.4 Å². The van der Waals surface area contributed by atoms with Crippen LogP contribution >= 0.6 is 12.4 Å². The van der Waals surface area contributed by atoms with Crippen LogP contribution in [0, 0.1) is 0 Å². The van der Waals surface area contributed by atoms with Crippen LogP contribution < -0.4 is 5.32 Å². The first-order valence-corrected chi connectivity index (χ1v) is 2.44. The Kier molecular flexibility index (Phi) is 3.53. The van der Waals surface area contributed by atoms with E-state index in [1.807, 2.05) is 0 Å². The van der Waals surface area contributed by atoms with Crippen LogP contribution in [-0.2, 0) is 4.79 Å². The number of nitrogens with one attached hydrogen (secondary N) is 1. The van der Waals surface area contributed by atoms with Gasteiger partial charge >= 0.3 is 0 Å². The molecule has 0 spiro atoms. The lowest BCUT2D eigenvalue weighted by Gasteiger charge is -2.07. The second-order valence-electron chi connectivity index (χ2n) is 1.66. The molecule has 1 amide bonds. The molecule has 1 fully saturated rings. The van der Waals surface area contributed by atoms with E-state index in [-0.39, 0.29) is 25.0 Å². The Morgan fingerprint density at radius 2 is 2.44 bits per heavy atom. The summed E-state index contributed by atoms with van der Waals surface area (Å²) < 4.78 is 0. The minimum absolute atomic E-state index is 0. The number of carbonyl (C=O) groups is 1. The van der Waals surface area contributed by atoms with Crippen LogP contribution in [0.1, 0.15) is 0 Å². The van der Waals surface area contributed by atoms with E-state index < -0.39 is 0 Å². The average Bonchev–Trinajstić information content (AvgIpc) is 2.14. The normalized spacial score (nSPS) is 17.9. The molecule has 5 heteroatoms. The molecule has 1 aliphatic heterocycles. The number of rotatable bonds is 1. The van der Waals surface area contributed by atoms with Gasteiger partial charge in [-0.1, -0.05) is 0 Å². The number of aliphatic hydroxyl groups is 1. The molecule has 1 rings (SSSR count). The minimum atomic E-state index is -0.175. The average molecular weight is 153 g/mol. The highest BCUT2D eigenvalue weighted by Gasteiger charge is 2.17. The molecular formula is C4H9ClN2O2. The van der Waals surface area contributed by atoms with Crippen molar-refractivity contribution in [2.45, 2.75) is 0 Å². The van der Waals surface area contributed by atoms with Crippen molar-refractivity contribution < 1.29 is 9.90 Å².